The standard InChI is InChI=1S/C9H15NO7/c1-9(2)15-3-4(17-9)5(11)6(12)7-8(16-7)10(13)14/h4-8,11-12H,3H2,1-2H3/t4-,5-,6+,7+,8?/m1/s1. The van der Waals surface area contributed by atoms with Crippen molar-refractivity contribution < 1.29 is 29.3 Å². The molecule has 2 rings (SSSR count). The fourth-order valence-corrected chi connectivity index (χ4v) is 1.83. The molecule has 1 unspecified atom stereocenters. The number of nitrogens with zero attached hydrogens (tertiary/aromatic N) is 1. The van der Waals surface area contributed by atoms with Gasteiger partial charge in [0.15, 0.2) is 11.9 Å². The van der Waals surface area contributed by atoms with E-state index in [0.29, 0.717) is 0 Å². The van der Waals surface area contributed by atoms with Gasteiger partial charge in [0.2, 0.25) is 0 Å². The van der Waals surface area contributed by atoms with Crippen LogP contribution in [0.25, 0.3) is 0 Å². The fourth-order valence-electron chi connectivity index (χ4n) is 1.83. The summed E-state index contributed by atoms with van der Waals surface area (Å²) in [6, 6.07) is 0. The van der Waals surface area contributed by atoms with E-state index >= 15 is 0 Å². The van der Waals surface area contributed by atoms with Crippen molar-refractivity contribution in [3.05, 3.63) is 10.1 Å². The number of aliphatic hydroxyl groups is 2. The Kier molecular flexibility index (Phi) is 3.08. The lowest BCUT2D eigenvalue weighted by Crippen LogP contribution is -2.43. The van der Waals surface area contributed by atoms with Crippen molar-refractivity contribution in [1.82, 2.24) is 0 Å². The van der Waals surface area contributed by atoms with Crippen molar-refractivity contribution in [3.8, 4) is 0 Å². The summed E-state index contributed by atoms with van der Waals surface area (Å²) < 4.78 is 15.2. The molecule has 2 saturated heterocycles. The van der Waals surface area contributed by atoms with Crippen molar-refractivity contribution in [2.45, 2.75) is 50.3 Å². The van der Waals surface area contributed by atoms with Crippen molar-refractivity contribution >= 4 is 0 Å². The Bertz CT molecular complexity index is 320. The second-order valence-electron chi connectivity index (χ2n) is 4.62. The smallest absolute Gasteiger partial charge is 0.345 e. The Balaban J connectivity index is 1.89. The van der Waals surface area contributed by atoms with Gasteiger partial charge >= 0.3 is 6.23 Å². The first kappa shape index (κ1) is 12.7. The molecule has 98 valence electrons. The summed E-state index contributed by atoms with van der Waals surface area (Å²) in [7, 11) is 0. The maximum atomic E-state index is 10.4. The predicted molar refractivity (Wildman–Crippen MR) is 52.6 cm³/mol. The van der Waals surface area contributed by atoms with Gasteiger partial charge in [-0.15, -0.1) is 0 Å². The second kappa shape index (κ2) is 4.14. The first-order valence-electron chi connectivity index (χ1n) is 5.29. The molecule has 2 heterocycles. The van der Waals surface area contributed by atoms with E-state index in [1.165, 1.54) is 0 Å². The van der Waals surface area contributed by atoms with Crippen LogP contribution in [0.4, 0.5) is 0 Å². The maximum Gasteiger partial charge on any atom is 0.345 e. The first-order chi connectivity index (χ1) is 7.82. The molecule has 0 saturated carbocycles. The van der Waals surface area contributed by atoms with Crippen molar-refractivity contribution in [3.63, 3.8) is 0 Å². The fraction of sp³-hybridized carbons (Fsp3) is 1.00. The number of epoxide rings is 1. The normalized spacial score (nSPS) is 38.7. The van der Waals surface area contributed by atoms with Gasteiger partial charge in [0.25, 0.3) is 0 Å². The second-order valence-corrected chi connectivity index (χ2v) is 4.62. The van der Waals surface area contributed by atoms with Gasteiger partial charge in [0.1, 0.15) is 18.3 Å². The maximum absolute atomic E-state index is 10.4. The molecule has 2 aliphatic heterocycles. The predicted octanol–water partition coefficient (Wildman–Crippen LogP) is -1.14. The molecule has 2 N–H and O–H groups in total. The average molecular weight is 249 g/mol. The molecule has 0 aliphatic carbocycles. The summed E-state index contributed by atoms with van der Waals surface area (Å²) in [5, 5.41) is 29.8. The van der Waals surface area contributed by atoms with Gasteiger partial charge in [-0.05, 0) is 13.8 Å². The lowest BCUT2D eigenvalue weighted by Gasteiger charge is -2.22. The molecule has 0 aromatic heterocycles. The van der Waals surface area contributed by atoms with Gasteiger partial charge in [-0.3, -0.25) is 14.9 Å². The number of hydrogen-bond acceptors (Lipinski definition) is 7. The molecule has 2 fully saturated rings. The third kappa shape index (κ3) is 2.55. The Morgan fingerprint density at radius 2 is 2.06 bits per heavy atom. The Morgan fingerprint density at radius 3 is 2.47 bits per heavy atom. The van der Waals surface area contributed by atoms with Gasteiger partial charge in [-0.1, -0.05) is 0 Å². The van der Waals surface area contributed by atoms with Crippen LogP contribution < -0.4 is 0 Å². The highest BCUT2D eigenvalue weighted by Gasteiger charge is 2.58. The molecule has 17 heavy (non-hydrogen) atoms. The van der Waals surface area contributed by atoms with E-state index in [9.17, 15) is 20.3 Å². The summed E-state index contributed by atoms with van der Waals surface area (Å²) >= 11 is 0. The van der Waals surface area contributed by atoms with Gasteiger partial charge in [0, 0.05) is 0 Å². The molecule has 2 aliphatic rings. The van der Waals surface area contributed by atoms with E-state index in [2.05, 4.69) is 4.74 Å². The topological polar surface area (TPSA) is 115 Å². The van der Waals surface area contributed by atoms with Crippen molar-refractivity contribution in [1.29, 1.82) is 0 Å². The number of rotatable bonds is 4. The molecule has 8 heteroatoms. The summed E-state index contributed by atoms with van der Waals surface area (Å²) in [5.41, 5.74) is 0. The largest absolute Gasteiger partial charge is 0.387 e. The minimum Gasteiger partial charge on any atom is -0.387 e. The molecule has 0 aromatic carbocycles. The number of ether oxygens (including phenoxy) is 3. The van der Waals surface area contributed by atoms with Crippen LogP contribution in [0, 0.1) is 10.1 Å². The number of hydrogen-bond donors (Lipinski definition) is 2. The Hall–Kier alpha value is -0.800. The summed E-state index contributed by atoms with van der Waals surface area (Å²) in [5.74, 6) is -0.821. The van der Waals surface area contributed by atoms with Crippen LogP contribution in [-0.4, -0.2) is 58.2 Å². The van der Waals surface area contributed by atoms with Crippen molar-refractivity contribution in [2.24, 2.45) is 0 Å². The summed E-state index contributed by atoms with van der Waals surface area (Å²) in [6.45, 7) is 3.49. The highest BCUT2D eigenvalue weighted by Crippen LogP contribution is 2.31. The zero-order chi connectivity index (χ0) is 12.8. The highest BCUT2D eigenvalue weighted by molar-refractivity contribution is 4.92. The molecule has 0 spiro atoms. The van der Waals surface area contributed by atoms with Crippen LogP contribution in [0.5, 0.6) is 0 Å². The van der Waals surface area contributed by atoms with Gasteiger partial charge < -0.3 is 19.7 Å². The highest BCUT2D eigenvalue weighted by atomic mass is 16.8. The summed E-state index contributed by atoms with van der Waals surface area (Å²) in [6.07, 6.45) is -5.56. The lowest BCUT2D eigenvalue weighted by atomic mass is 10.1. The Morgan fingerprint density at radius 1 is 1.41 bits per heavy atom. The quantitative estimate of drug-likeness (QED) is 0.367. The number of aliphatic hydroxyl groups excluding tert-OH is 2. The third-order valence-electron chi connectivity index (χ3n) is 2.81. The monoisotopic (exact) mass is 249 g/mol. The van der Waals surface area contributed by atoms with Crippen LogP contribution in [-0.2, 0) is 14.2 Å². The summed E-state index contributed by atoms with van der Waals surface area (Å²) in [4.78, 5) is 9.71. The van der Waals surface area contributed by atoms with Gasteiger partial charge in [0.05, 0.1) is 11.5 Å². The SMILES string of the molecule is CC1(C)OC[C@H]([C@@H](O)[C@H](O)[C@@H]2OC2[N+](=O)[O-])O1. The molecular weight excluding hydrogens is 234 g/mol. The zero-order valence-electron chi connectivity index (χ0n) is 9.48. The Labute approximate surface area is 97.2 Å². The molecular formula is C9H15NO7. The van der Waals surface area contributed by atoms with E-state index in [4.69, 9.17) is 9.47 Å². The van der Waals surface area contributed by atoms with E-state index in [0.717, 1.165) is 0 Å². The van der Waals surface area contributed by atoms with Gasteiger partial charge in [-0.2, -0.15) is 0 Å². The average Bonchev–Trinajstić information content (AvgIpc) is 2.95. The van der Waals surface area contributed by atoms with E-state index in [1.807, 2.05) is 0 Å². The van der Waals surface area contributed by atoms with Crippen LogP contribution in [0.15, 0.2) is 0 Å². The molecule has 0 radical (unpaired) electrons. The van der Waals surface area contributed by atoms with E-state index < -0.39 is 41.4 Å². The molecule has 5 atom stereocenters. The third-order valence-corrected chi connectivity index (χ3v) is 2.81. The van der Waals surface area contributed by atoms with Crippen LogP contribution in [0.2, 0.25) is 0 Å². The van der Waals surface area contributed by atoms with Crippen molar-refractivity contribution in [2.75, 3.05) is 6.61 Å². The lowest BCUT2D eigenvalue weighted by molar-refractivity contribution is -0.516. The minimum atomic E-state index is -1.35. The van der Waals surface area contributed by atoms with Crippen LogP contribution in [0.3, 0.4) is 0 Å². The molecule has 0 amide bonds. The molecule has 8 nitrogen and oxygen atoms in total. The van der Waals surface area contributed by atoms with E-state index in [1.54, 1.807) is 13.8 Å². The molecule has 0 bridgehead atoms. The first-order valence-corrected chi connectivity index (χ1v) is 5.29. The zero-order valence-corrected chi connectivity index (χ0v) is 9.48. The van der Waals surface area contributed by atoms with Crippen LogP contribution in [0.1, 0.15) is 13.8 Å². The number of nitro groups is 1. The molecule has 0 aromatic rings. The minimum absolute atomic E-state index is 0.126. The van der Waals surface area contributed by atoms with E-state index in [-0.39, 0.29) is 6.61 Å². The van der Waals surface area contributed by atoms with Crippen LogP contribution >= 0.6 is 0 Å². The van der Waals surface area contributed by atoms with Gasteiger partial charge in [-0.25, -0.2) is 0 Å².